The number of rotatable bonds is 5. The molecule has 0 aromatic heterocycles. The molecule has 1 aromatic rings. The standard InChI is InChI=1S/C21H31N3O2/c1-23(20(25)8-7-17-9-13-22-14-10-17)19-11-15-24(16-12-19)21(26)18-5-3-2-4-6-18/h2-6,17,19,22H,7-16H2,1H3. The minimum atomic E-state index is 0.101. The van der Waals surface area contributed by atoms with Crippen LogP contribution in [0.1, 0.15) is 48.9 Å². The number of amides is 2. The molecule has 142 valence electrons. The van der Waals surface area contributed by atoms with Crippen LogP contribution in [0.25, 0.3) is 0 Å². The summed E-state index contributed by atoms with van der Waals surface area (Å²) in [6.07, 6.45) is 5.79. The van der Waals surface area contributed by atoms with Crippen LogP contribution in [0.3, 0.4) is 0 Å². The van der Waals surface area contributed by atoms with Crippen molar-refractivity contribution < 1.29 is 9.59 Å². The molecule has 2 aliphatic rings. The third kappa shape index (κ3) is 4.85. The van der Waals surface area contributed by atoms with Crippen molar-refractivity contribution in [2.45, 2.75) is 44.6 Å². The number of carbonyl (C=O) groups excluding carboxylic acids is 2. The highest BCUT2D eigenvalue weighted by Crippen LogP contribution is 2.21. The maximum atomic E-state index is 12.6. The Hall–Kier alpha value is -1.88. The van der Waals surface area contributed by atoms with Gasteiger partial charge in [0.05, 0.1) is 0 Å². The molecule has 0 spiro atoms. The summed E-state index contributed by atoms with van der Waals surface area (Å²) in [6, 6.07) is 9.71. The summed E-state index contributed by atoms with van der Waals surface area (Å²) >= 11 is 0. The minimum absolute atomic E-state index is 0.101. The number of carbonyl (C=O) groups is 2. The SMILES string of the molecule is CN(C(=O)CCC1CCNCC1)C1CCN(C(=O)c2ccccc2)CC1. The number of nitrogens with zero attached hydrogens (tertiary/aromatic N) is 2. The molecule has 2 heterocycles. The molecule has 5 heteroatoms. The Morgan fingerprint density at radius 3 is 2.38 bits per heavy atom. The van der Waals surface area contributed by atoms with Gasteiger partial charge >= 0.3 is 0 Å². The average Bonchev–Trinajstić information content (AvgIpc) is 2.72. The van der Waals surface area contributed by atoms with Crippen LogP contribution < -0.4 is 5.32 Å². The van der Waals surface area contributed by atoms with E-state index in [0.717, 1.165) is 51.0 Å². The largest absolute Gasteiger partial charge is 0.343 e. The molecule has 5 nitrogen and oxygen atoms in total. The highest BCUT2D eigenvalue weighted by atomic mass is 16.2. The first-order valence-corrected chi connectivity index (χ1v) is 9.96. The summed E-state index contributed by atoms with van der Waals surface area (Å²) in [6.45, 7) is 3.62. The van der Waals surface area contributed by atoms with E-state index in [1.807, 2.05) is 47.2 Å². The first-order chi connectivity index (χ1) is 12.6. The van der Waals surface area contributed by atoms with E-state index in [-0.39, 0.29) is 17.9 Å². The van der Waals surface area contributed by atoms with E-state index < -0.39 is 0 Å². The molecule has 0 unspecified atom stereocenters. The normalized spacial score (nSPS) is 19.3. The van der Waals surface area contributed by atoms with Crippen molar-refractivity contribution in [1.82, 2.24) is 15.1 Å². The summed E-state index contributed by atoms with van der Waals surface area (Å²) in [7, 11) is 1.93. The van der Waals surface area contributed by atoms with E-state index in [9.17, 15) is 9.59 Å². The summed E-state index contributed by atoms with van der Waals surface area (Å²) < 4.78 is 0. The number of nitrogens with one attached hydrogen (secondary N) is 1. The van der Waals surface area contributed by atoms with Gasteiger partial charge in [-0.1, -0.05) is 18.2 Å². The zero-order valence-corrected chi connectivity index (χ0v) is 15.8. The second kappa shape index (κ2) is 9.17. The van der Waals surface area contributed by atoms with Crippen molar-refractivity contribution in [3.8, 4) is 0 Å². The summed E-state index contributed by atoms with van der Waals surface area (Å²) in [5.74, 6) is 1.05. The molecule has 2 fully saturated rings. The van der Waals surface area contributed by atoms with Gasteiger partial charge in [-0.15, -0.1) is 0 Å². The fourth-order valence-electron chi connectivity index (χ4n) is 4.10. The van der Waals surface area contributed by atoms with Gasteiger partial charge in [0.2, 0.25) is 5.91 Å². The van der Waals surface area contributed by atoms with Gasteiger partial charge in [-0.05, 0) is 63.2 Å². The van der Waals surface area contributed by atoms with Crippen molar-refractivity contribution in [3.05, 3.63) is 35.9 Å². The molecular weight excluding hydrogens is 326 g/mol. The molecule has 0 radical (unpaired) electrons. The number of benzene rings is 1. The summed E-state index contributed by atoms with van der Waals surface area (Å²) in [5.41, 5.74) is 0.748. The number of hydrogen-bond acceptors (Lipinski definition) is 3. The predicted octanol–water partition coefficient (Wildman–Crippen LogP) is 2.53. The van der Waals surface area contributed by atoms with Crippen molar-refractivity contribution in [1.29, 1.82) is 0 Å². The molecule has 0 bridgehead atoms. The fraction of sp³-hybridized carbons (Fsp3) is 0.619. The van der Waals surface area contributed by atoms with Crippen molar-refractivity contribution in [2.75, 3.05) is 33.2 Å². The third-order valence-corrected chi connectivity index (χ3v) is 5.94. The molecule has 1 N–H and O–H groups in total. The van der Waals surface area contributed by atoms with Crippen LogP contribution >= 0.6 is 0 Å². The molecule has 0 atom stereocenters. The third-order valence-electron chi connectivity index (χ3n) is 5.94. The Kier molecular flexibility index (Phi) is 6.67. The quantitative estimate of drug-likeness (QED) is 0.881. The van der Waals surface area contributed by atoms with Gasteiger partial charge in [-0.25, -0.2) is 0 Å². The highest BCUT2D eigenvalue weighted by molar-refractivity contribution is 5.94. The van der Waals surface area contributed by atoms with E-state index in [4.69, 9.17) is 0 Å². The first-order valence-electron chi connectivity index (χ1n) is 9.96. The molecule has 2 amide bonds. The summed E-state index contributed by atoms with van der Waals surface area (Å²) in [4.78, 5) is 28.9. The van der Waals surface area contributed by atoms with Crippen LogP contribution in [0.4, 0.5) is 0 Å². The number of piperidine rings is 2. The molecule has 26 heavy (non-hydrogen) atoms. The van der Waals surface area contributed by atoms with Crippen LogP contribution in [0.2, 0.25) is 0 Å². The Labute approximate surface area is 156 Å². The fourth-order valence-corrected chi connectivity index (χ4v) is 4.10. The van der Waals surface area contributed by atoms with Gasteiger partial charge in [-0.3, -0.25) is 9.59 Å². The Morgan fingerprint density at radius 2 is 1.73 bits per heavy atom. The number of likely N-dealkylation sites (tertiary alicyclic amines) is 1. The zero-order chi connectivity index (χ0) is 18.4. The van der Waals surface area contributed by atoms with Crippen LogP contribution in [-0.4, -0.2) is 60.9 Å². The predicted molar refractivity (Wildman–Crippen MR) is 103 cm³/mol. The second-order valence-electron chi connectivity index (χ2n) is 7.63. The molecule has 0 aliphatic carbocycles. The topological polar surface area (TPSA) is 52.7 Å². The highest BCUT2D eigenvalue weighted by Gasteiger charge is 2.28. The smallest absolute Gasteiger partial charge is 0.253 e. The Morgan fingerprint density at radius 1 is 1.08 bits per heavy atom. The Bertz CT molecular complexity index is 591. The monoisotopic (exact) mass is 357 g/mol. The first kappa shape index (κ1) is 18.9. The lowest BCUT2D eigenvalue weighted by atomic mass is 9.92. The van der Waals surface area contributed by atoms with Crippen LogP contribution in [0, 0.1) is 5.92 Å². The molecule has 0 saturated carbocycles. The molecule has 2 saturated heterocycles. The van der Waals surface area contributed by atoms with Gasteiger partial charge in [-0.2, -0.15) is 0 Å². The maximum absolute atomic E-state index is 12.6. The van der Waals surface area contributed by atoms with Gasteiger partial charge in [0.15, 0.2) is 0 Å². The van der Waals surface area contributed by atoms with Crippen LogP contribution in [-0.2, 0) is 4.79 Å². The lowest BCUT2D eigenvalue weighted by Crippen LogP contribution is -2.47. The number of hydrogen-bond donors (Lipinski definition) is 1. The lowest BCUT2D eigenvalue weighted by molar-refractivity contribution is -0.133. The molecule has 1 aromatic carbocycles. The maximum Gasteiger partial charge on any atom is 0.253 e. The molecule has 2 aliphatic heterocycles. The lowest BCUT2D eigenvalue weighted by Gasteiger charge is -2.37. The van der Waals surface area contributed by atoms with Crippen molar-refractivity contribution in [3.63, 3.8) is 0 Å². The second-order valence-corrected chi connectivity index (χ2v) is 7.63. The van der Waals surface area contributed by atoms with Gasteiger partial charge in [0.1, 0.15) is 0 Å². The van der Waals surface area contributed by atoms with Crippen LogP contribution in [0.5, 0.6) is 0 Å². The van der Waals surface area contributed by atoms with E-state index in [2.05, 4.69) is 5.32 Å². The zero-order valence-electron chi connectivity index (χ0n) is 15.8. The van der Waals surface area contributed by atoms with E-state index in [1.165, 1.54) is 12.8 Å². The Balaban J connectivity index is 1.43. The summed E-state index contributed by atoms with van der Waals surface area (Å²) in [5, 5.41) is 3.37. The van der Waals surface area contributed by atoms with Gasteiger partial charge in [0.25, 0.3) is 5.91 Å². The van der Waals surface area contributed by atoms with Gasteiger partial charge in [0, 0.05) is 38.2 Å². The van der Waals surface area contributed by atoms with Crippen LogP contribution in [0.15, 0.2) is 30.3 Å². The van der Waals surface area contributed by atoms with E-state index in [0.29, 0.717) is 12.3 Å². The molecule has 3 rings (SSSR count). The van der Waals surface area contributed by atoms with Crippen molar-refractivity contribution >= 4 is 11.8 Å². The molecular formula is C21H31N3O2. The van der Waals surface area contributed by atoms with E-state index >= 15 is 0 Å². The average molecular weight is 357 g/mol. The van der Waals surface area contributed by atoms with E-state index in [1.54, 1.807) is 0 Å². The van der Waals surface area contributed by atoms with Gasteiger partial charge < -0.3 is 15.1 Å². The van der Waals surface area contributed by atoms with Crippen molar-refractivity contribution in [2.24, 2.45) is 5.92 Å². The minimum Gasteiger partial charge on any atom is -0.343 e.